The molecular formula is C12H14N2O4. The second-order valence-corrected chi connectivity index (χ2v) is 3.65. The SMILES string of the molecule is CC(=O)NCCC=Cc1cccc([N+](=O)[O-])c1O. The second kappa shape index (κ2) is 6.39. The van der Waals surface area contributed by atoms with Gasteiger partial charge in [-0.3, -0.25) is 14.9 Å². The molecule has 0 aliphatic rings. The lowest BCUT2D eigenvalue weighted by Crippen LogP contribution is -2.20. The van der Waals surface area contributed by atoms with E-state index in [4.69, 9.17) is 0 Å². The van der Waals surface area contributed by atoms with E-state index in [9.17, 15) is 20.0 Å². The quantitative estimate of drug-likeness (QED) is 0.473. The van der Waals surface area contributed by atoms with E-state index < -0.39 is 4.92 Å². The van der Waals surface area contributed by atoms with Crippen molar-refractivity contribution >= 4 is 17.7 Å². The number of phenols is 1. The van der Waals surface area contributed by atoms with E-state index in [1.807, 2.05) is 0 Å². The number of rotatable bonds is 5. The predicted molar refractivity (Wildman–Crippen MR) is 67.1 cm³/mol. The summed E-state index contributed by atoms with van der Waals surface area (Å²) in [5.41, 5.74) is 0.0611. The van der Waals surface area contributed by atoms with Crippen molar-refractivity contribution in [3.05, 3.63) is 40.0 Å². The van der Waals surface area contributed by atoms with Gasteiger partial charge in [0.25, 0.3) is 0 Å². The lowest BCUT2D eigenvalue weighted by molar-refractivity contribution is -0.385. The molecule has 2 N–H and O–H groups in total. The number of benzene rings is 1. The van der Waals surface area contributed by atoms with Gasteiger partial charge in [-0.15, -0.1) is 0 Å². The molecule has 0 aromatic heterocycles. The highest BCUT2D eigenvalue weighted by molar-refractivity contribution is 5.72. The monoisotopic (exact) mass is 250 g/mol. The third kappa shape index (κ3) is 3.89. The maximum absolute atomic E-state index is 10.6. The lowest BCUT2D eigenvalue weighted by Gasteiger charge is -2.00. The summed E-state index contributed by atoms with van der Waals surface area (Å²) in [7, 11) is 0. The molecule has 6 nitrogen and oxygen atoms in total. The Morgan fingerprint density at radius 1 is 1.56 bits per heavy atom. The Morgan fingerprint density at radius 2 is 2.28 bits per heavy atom. The number of hydrogen-bond donors (Lipinski definition) is 2. The van der Waals surface area contributed by atoms with Gasteiger partial charge in [-0.25, -0.2) is 0 Å². The number of nitrogens with zero attached hydrogens (tertiary/aromatic N) is 1. The maximum Gasteiger partial charge on any atom is 0.311 e. The zero-order valence-corrected chi connectivity index (χ0v) is 9.92. The van der Waals surface area contributed by atoms with Gasteiger partial charge in [0, 0.05) is 25.1 Å². The zero-order valence-electron chi connectivity index (χ0n) is 9.92. The number of nitro benzene ring substituents is 1. The number of carbonyl (C=O) groups excluding carboxylic acids is 1. The van der Waals surface area contributed by atoms with Crippen LogP contribution in [0, 0.1) is 10.1 Å². The highest BCUT2D eigenvalue weighted by atomic mass is 16.6. The van der Waals surface area contributed by atoms with Gasteiger partial charge in [0.15, 0.2) is 0 Å². The van der Waals surface area contributed by atoms with E-state index in [1.165, 1.54) is 19.1 Å². The fraction of sp³-hybridized carbons (Fsp3) is 0.250. The van der Waals surface area contributed by atoms with Gasteiger partial charge in [-0.05, 0) is 6.42 Å². The first-order valence-corrected chi connectivity index (χ1v) is 5.39. The molecule has 1 aromatic rings. The summed E-state index contributed by atoms with van der Waals surface area (Å²) in [5.74, 6) is -0.458. The highest BCUT2D eigenvalue weighted by Gasteiger charge is 2.14. The second-order valence-electron chi connectivity index (χ2n) is 3.65. The molecule has 0 unspecified atom stereocenters. The minimum Gasteiger partial charge on any atom is -0.502 e. The molecule has 0 heterocycles. The standard InChI is InChI=1S/C12H14N2O4/c1-9(15)13-8-3-2-5-10-6-4-7-11(12(10)16)14(17)18/h2,4-7,16H,3,8H2,1H3,(H,13,15). The minimum atomic E-state index is -0.635. The van der Waals surface area contributed by atoms with Gasteiger partial charge < -0.3 is 10.4 Å². The summed E-state index contributed by atoms with van der Waals surface area (Å²) in [4.78, 5) is 20.6. The Kier molecular flexibility index (Phi) is 4.86. The van der Waals surface area contributed by atoms with Crippen LogP contribution in [0.3, 0.4) is 0 Å². The zero-order chi connectivity index (χ0) is 13.5. The Hall–Kier alpha value is -2.37. The molecule has 0 saturated heterocycles. The number of nitro groups is 1. The van der Waals surface area contributed by atoms with Crippen LogP contribution in [0.5, 0.6) is 5.75 Å². The third-order valence-corrected chi connectivity index (χ3v) is 2.22. The number of nitrogens with one attached hydrogen (secondary N) is 1. The molecule has 0 aliphatic heterocycles. The van der Waals surface area contributed by atoms with Crippen LogP contribution in [0.1, 0.15) is 18.9 Å². The Bertz CT molecular complexity index is 483. The largest absolute Gasteiger partial charge is 0.502 e. The van der Waals surface area contributed by atoms with Gasteiger partial charge in [0.1, 0.15) is 0 Å². The fourth-order valence-electron chi connectivity index (χ4n) is 1.37. The maximum atomic E-state index is 10.6. The van der Waals surface area contributed by atoms with E-state index in [0.29, 0.717) is 18.5 Å². The van der Waals surface area contributed by atoms with Crippen LogP contribution < -0.4 is 5.32 Å². The molecule has 18 heavy (non-hydrogen) atoms. The summed E-state index contributed by atoms with van der Waals surface area (Å²) < 4.78 is 0. The van der Waals surface area contributed by atoms with E-state index in [-0.39, 0.29) is 17.3 Å². The minimum absolute atomic E-state index is 0.110. The molecule has 1 amide bonds. The lowest BCUT2D eigenvalue weighted by atomic mass is 10.1. The molecule has 1 rings (SSSR count). The van der Waals surface area contributed by atoms with Crippen molar-refractivity contribution in [3.8, 4) is 5.75 Å². The van der Waals surface area contributed by atoms with Gasteiger partial charge in [0.05, 0.1) is 4.92 Å². The number of amides is 1. The molecule has 0 spiro atoms. The molecule has 0 fully saturated rings. The van der Waals surface area contributed by atoms with Gasteiger partial charge in [-0.2, -0.15) is 0 Å². The first-order valence-electron chi connectivity index (χ1n) is 5.39. The average Bonchev–Trinajstić information content (AvgIpc) is 2.30. The topological polar surface area (TPSA) is 92.5 Å². The first kappa shape index (κ1) is 13.7. The summed E-state index contributed by atoms with van der Waals surface area (Å²) in [6.07, 6.45) is 3.90. The van der Waals surface area contributed by atoms with Crippen molar-refractivity contribution in [2.45, 2.75) is 13.3 Å². The number of aromatic hydroxyl groups is 1. The van der Waals surface area contributed by atoms with E-state index in [1.54, 1.807) is 18.2 Å². The van der Waals surface area contributed by atoms with Crippen molar-refractivity contribution in [2.24, 2.45) is 0 Å². The fourth-order valence-corrected chi connectivity index (χ4v) is 1.37. The predicted octanol–water partition coefficient (Wildman–Crippen LogP) is 1.84. The van der Waals surface area contributed by atoms with Crippen molar-refractivity contribution in [1.29, 1.82) is 0 Å². The number of carbonyl (C=O) groups is 1. The Labute approximate surface area is 104 Å². The third-order valence-electron chi connectivity index (χ3n) is 2.22. The summed E-state index contributed by atoms with van der Waals surface area (Å²) in [6, 6.07) is 4.33. The average molecular weight is 250 g/mol. The van der Waals surface area contributed by atoms with Crippen molar-refractivity contribution in [1.82, 2.24) is 5.32 Å². The van der Waals surface area contributed by atoms with Crippen molar-refractivity contribution < 1.29 is 14.8 Å². The van der Waals surface area contributed by atoms with Gasteiger partial charge in [-0.1, -0.05) is 24.3 Å². The summed E-state index contributed by atoms with van der Waals surface area (Å²) >= 11 is 0. The molecule has 0 aliphatic carbocycles. The molecule has 0 radical (unpaired) electrons. The molecular weight excluding hydrogens is 236 g/mol. The van der Waals surface area contributed by atoms with E-state index in [0.717, 1.165) is 0 Å². The smallest absolute Gasteiger partial charge is 0.311 e. The molecule has 1 aromatic carbocycles. The highest BCUT2D eigenvalue weighted by Crippen LogP contribution is 2.29. The van der Waals surface area contributed by atoms with Gasteiger partial charge in [0.2, 0.25) is 11.7 Å². The Balaban J connectivity index is 2.67. The molecule has 6 heteroatoms. The molecule has 0 saturated carbocycles. The van der Waals surface area contributed by atoms with Crippen LogP contribution >= 0.6 is 0 Å². The normalized spacial score (nSPS) is 10.5. The van der Waals surface area contributed by atoms with Crippen LogP contribution in [-0.2, 0) is 4.79 Å². The van der Waals surface area contributed by atoms with Crippen LogP contribution in [0.2, 0.25) is 0 Å². The van der Waals surface area contributed by atoms with Crippen LogP contribution in [0.4, 0.5) is 5.69 Å². The van der Waals surface area contributed by atoms with E-state index >= 15 is 0 Å². The van der Waals surface area contributed by atoms with Crippen LogP contribution in [0.25, 0.3) is 6.08 Å². The first-order chi connectivity index (χ1) is 8.52. The Morgan fingerprint density at radius 3 is 2.89 bits per heavy atom. The van der Waals surface area contributed by atoms with Crippen molar-refractivity contribution in [2.75, 3.05) is 6.54 Å². The van der Waals surface area contributed by atoms with Crippen LogP contribution in [-0.4, -0.2) is 22.5 Å². The molecule has 0 atom stereocenters. The molecule has 96 valence electrons. The summed E-state index contributed by atoms with van der Waals surface area (Å²) in [6.45, 7) is 1.91. The van der Waals surface area contributed by atoms with Crippen LogP contribution in [0.15, 0.2) is 24.3 Å². The number of hydrogen-bond acceptors (Lipinski definition) is 4. The van der Waals surface area contributed by atoms with Crippen molar-refractivity contribution in [3.63, 3.8) is 0 Å². The number of phenolic OH excluding ortho intramolecular Hbond substituents is 1. The molecule has 0 bridgehead atoms. The summed E-state index contributed by atoms with van der Waals surface area (Å²) in [5, 5.41) is 22.9. The van der Waals surface area contributed by atoms with Gasteiger partial charge >= 0.3 is 5.69 Å². The van der Waals surface area contributed by atoms with E-state index in [2.05, 4.69) is 5.32 Å². The number of para-hydroxylation sites is 1.